The Balaban J connectivity index is 2.06. The highest BCUT2D eigenvalue weighted by Gasteiger charge is 2.18. The first-order valence-electron chi connectivity index (χ1n) is 6.29. The molecule has 0 aliphatic carbocycles. The molecule has 0 saturated carbocycles. The summed E-state index contributed by atoms with van der Waals surface area (Å²) >= 11 is 0. The van der Waals surface area contributed by atoms with Crippen LogP contribution >= 0.6 is 0 Å². The van der Waals surface area contributed by atoms with Crippen molar-refractivity contribution in [2.24, 2.45) is 5.92 Å². The maximum absolute atomic E-state index is 12.1. The van der Waals surface area contributed by atoms with Gasteiger partial charge in [-0.3, -0.25) is 0 Å². The molecule has 110 valence electrons. The molecule has 0 bridgehead atoms. The minimum Gasteiger partial charge on any atom is -0.447 e. The molecule has 0 atom stereocenters. The molecule has 0 aliphatic heterocycles. The average Bonchev–Trinajstić information content (AvgIpc) is 2.95. The van der Waals surface area contributed by atoms with E-state index in [1.54, 1.807) is 11.5 Å². The largest absolute Gasteiger partial charge is 0.447 e. The first-order chi connectivity index (χ1) is 9.38. The fourth-order valence-corrected chi connectivity index (χ4v) is 2.66. The van der Waals surface area contributed by atoms with Gasteiger partial charge in [0.15, 0.2) is 11.4 Å². The van der Waals surface area contributed by atoms with Gasteiger partial charge in [0.25, 0.3) is 10.0 Å². The highest BCUT2D eigenvalue weighted by Crippen LogP contribution is 2.10. The van der Waals surface area contributed by atoms with Gasteiger partial charge < -0.3 is 8.98 Å². The van der Waals surface area contributed by atoms with E-state index < -0.39 is 10.0 Å². The summed E-state index contributed by atoms with van der Waals surface area (Å²) in [5, 5.41) is 0.00955. The maximum atomic E-state index is 12.1. The topological polar surface area (TPSA) is 90.0 Å². The Morgan fingerprint density at radius 3 is 2.75 bits per heavy atom. The molecule has 2 heterocycles. The highest BCUT2D eigenvalue weighted by atomic mass is 32.2. The molecule has 0 saturated heterocycles. The van der Waals surface area contributed by atoms with Gasteiger partial charge in [0, 0.05) is 12.7 Å². The quantitative estimate of drug-likeness (QED) is 0.868. The zero-order valence-electron chi connectivity index (χ0n) is 11.7. The van der Waals surface area contributed by atoms with Gasteiger partial charge >= 0.3 is 0 Å². The summed E-state index contributed by atoms with van der Waals surface area (Å²) in [6.45, 7) is 6.65. The number of sulfonamides is 1. The molecule has 0 radical (unpaired) electrons. The van der Waals surface area contributed by atoms with E-state index >= 15 is 0 Å². The predicted molar refractivity (Wildman–Crippen MR) is 72.3 cm³/mol. The number of nitrogens with zero attached hydrogens (tertiary/aromatic N) is 3. The molecule has 20 heavy (non-hydrogen) atoms. The van der Waals surface area contributed by atoms with Crippen molar-refractivity contribution in [1.29, 1.82) is 0 Å². The van der Waals surface area contributed by atoms with Crippen LogP contribution in [0.15, 0.2) is 28.4 Å². The van der Waals surface area contributed by atoms with E-state index in [9.17, 15) is 8.42 Å². The van der Waals surface area contributed by atoms with Gasteiger partial charge in [0.05, 0.1) is 18.6 Å². The number of oxazole rings is 1. The van der Waals surface area contributed by atoms with Crippen LogP contribution in [0.1, 0.15) is 25.3 Å². The molecule has 0 aromatic carbocycles. The molecule has 0 fully saturated rings. The lowest BCUT2D eigenvalue weighted by atomic mass is 10.2. The van der Waals surface area contributed by atoms with Crippen molar-refractivity contribution >= 4 is 10.0 Å². The molecule has 0 unspecified atom stereocenters. The zero-order valence-corrected chi connectivity index (χ0v) is 12.5. The Morgan fingerprint density at radius 1 is 1.40 bits per heavy atom. The Labute approximate surface area is 118 Å². The van der Waals surface area contributed by atoms with Crippen molar-refractivity contribution in [3.05, 3.63) is 30.4 Å². The molecule has 1 N–H and O–H groups in total. The molecule has 7 nitrogen and oxygen atoms in total. The fourth-order valence-electron chi connectivity index (χ4n) is 1.73. The van der Waals surface area contributed by atoms with Crippen molar-refractivity contribution < 1.29 is 12.8 Å². The average molecular weight is 298 g/mol. The molecule has 0 aliphatic rings. The summed E-state index contributed by atoms with van der Waals surface area (Å²) in [6, 6.07) is 0. The van der Waals surface area contributed by atoms with Crippen molar-refractivity contribution in [3.63, 3.8) is 0 Å². The van der Waals surface area contributed by atoms with Crippen LogP contribution in [0.4, 0.5) is 0 Å². The number of nitrogens with one attached hydrogen (secondary N) is 1. The number of aromatic nitrogens is 3. The van der Waals surface area contributed by atoms with Gasteiger partial charge in [0.1, 0.15) is 5.76 Å². The summed E-state index contributed by atoms with van der Waals surface area (Å²) in [6.07, 6.45) is 4.33. The van der Waals surface area contributed by atoms with Crippen LogP contribution < -0.4 is 4.72 Å². The van der Waals surface area contributed by atoms with E-state index in [-0.39, 0.29) is 11.6 Å². The number of rotatable bonds is 6. The van der Waals surface area contributed by atoms with E-state index in [2.05, 4.69) is 28.5 Å². The minimum absolute atomic E-state index is 0.00955. The van der Waals surface area contributed by atoms with Crippen molar-refractivity contribution in [2.45, 2.75) is 38.9 Å². The van der Waals surface area contributed by atoms with Crippen molar-refractivity contribution in [3.8, 4) is 0 Å². The Hall–Kier alpha value is -1.67. The number of hydrogen-bond donors (Lipinski definition) is 1. The van der Waals surface area contributed by atoms with E-state index in [1.807, 2.05) is 0 Å². The minimum atomic E-state index is -3.64. The smallest absolute Gasteiger partial charge is 0.259 e. The molecule has 0 amide bonds. The molecule has 2 aromatic heterocycles. The summed E-state index contributed by atoms with van der Waals surface area (Å²) in [5.41, 5.74) is 0.665. The van der Waals surface area contributed by atoms with E-state index in [0.29, 0.717) is 17.4 Å². The molecule has 0 spiro atoms. The molecular weight excluding hydrogens is 280 g/mol. The SMILES string of the molecule is Cc1ncoc1CNS(=O)(=O)c1cn(CC(C)C)cn1. The summed E-state index contributed by atoms with van der Waals surface area (Å²) in [5.74, 6) is 0.916. The van der Waals surface area contributed by atoms with Crippen molar-refractivity contribution in [1.82, 2.24) is 19.3 Å². The van der Waals surface area contributed by atoms with Crippen LogP contribution in [-0.4, -0.2) is 23.0 Å². The third kappa shape index (κ3) is 3.45. The van der Waals surface area contributed by atoms with Crippen LogP contribution in [0.25, 0.3) is 0 Å². The third-order valence-electron chi connectivity index (χ3n) is 2.73. The number of hydrogen-bond acceptors (Lipinski definition) is 5. The highest BCUT2D eigenvalue weighted by molar-refractivity contribution is 7.89. The van der Waals surface area contributed by atoms with Crippen LogP contribution in [0.5, 0.6) is 0 Å². The second kappa shape index (κ2) is 5.76. The van der Waals surface area contributed by atoms with Gasteiger partial charge in [0.2, 0.25) is 0 Å². The summed E-state index contributed by atoms with van der Waals surface area (Å²) < 4.78 is 33.5. The van der Waals surface area contributed by atoms with Crippen LogP contribution in [0, 0.1) is 12.8 Å². The van der Waals surface area contributed by atoms with Gasteiger partial charge in [-0.15, -0.1) is 0 Å². The van der Waals surface area contributed by atoms with Gasteiger partial charge in [-0.25, -0.2) is 23.1 Å². The molecule has 8 heteroatoms. The monoisotopic (exact) mass is 298 g/mol. The van der Waals surface area contributed by atoms with E-state index in [0.717, 1.165) is 6.54 Å². The Kier molecular flexibility index (Phi) is 4.24. The van der Waals surface area contributed by atoms with Crippen molar-refractivity contribution in [2.75, 3.05) is 0 Å². The van der Waals surface area contributed by atoms with Gasteiger partial charge in [-0.05, 0) is 12.8 Å². The first-order valence-corrected chi connectivity index (χ1v) is 7.77. The predicted octanol–water partition coefficient (Wildman–Crippen LogP) is 1.31. The second-order valence-electron chi connectivity index (χ2n) is 4.99. The number of aryl methyl sites for hydroxylation is 1. The molecule has 2 aromatic rings. The van der Waals surface area contributed by atoms with Crippen LogP contribution in [-0.2, 0) is 23.1 Å². The number of imidazole rings is 1. The van der Waals surface area contributed by atoms with Crippen LogP contribution in [0.3, 0.4) is 0 Å². The lowest BCUT2D eigenvalue weighted by molar-refractivity contribution is 0.491. The zero-order chi connectivity index (χ0) is 14.8. The van der Waals surface area contributed by atoms with Gasteiger partial charge in [-0.2, -0.15) is 0 Å². The Bertz CT molecular complexity index is 672. The standard InChI is InChI=1S/C12H18N4O3S/c1-9(2)5-16-6-12(13-7-16)20(17,18)15-4-11-10(3)14-8-19-11/h6-9,15H,4-5H2,1-3H3. The third-order valence-corrected chi connectivity index (χ3v) is 4.01. The molecule has 2 rings (SSSR count). The van der Waals surface area contributed by atoms with Crippen LogP contribution in [0.2, 0.25) is 0 Å². The first kappa shape index (κ1) is 14.7. The van der Waals surface area contributed by atoms with Gasteiger partial charge in [-0.1, -0.05) is 13.8 Å². The Morgan fingerprint density at radius 2 is 2.15 bits per heavy atom. The lowest BCUT2D eigenvalue weighted by Gasteiger charge is -2.04. The summed E-state index contributed by atoms with van der Waals surface area (Å²) in [7, 11) is -3.64. The lowest BCUT2D eigenvalue weighted by Crippen LogP contribution is -2.23. The fraction of sp³-hybridized carbons (Fsp3) is 0.500. The van der Waals surface area contributed by atoms with E-state index in [4.69, 9.17) is 4.42 Å². The summed E-state index contributed by atoms with van der Waals surface area (Å²) in [4.78, 5) is 7.84. The second-order valence-corrected chi connectivity index (χ2v) is 6.70. The normalized spacial score (nSPS) is 12.2. The van der Waals surface area contributed by atoms with E-state index in [1.165, 1.54) is 18.9 Å². The maximum Gasteiger partial charge on any atom is 0.259 e. The molecular formula is C12H18N4O3S.